The fraction of sp³-hybridized carbons (Fsp3) is 0.524. The maximum Gasteiger partial charge on any atom is 0.325 e. The number of amides is 5. The molecular formula is C42H60N6O13. The van der Waals surface area contributed by atoms with Gasteiger partial charge in [-0.05, 0) is 61.8 Å². The number of carboxylic acids is 1. The van der Waals surface area contributed by atoms with Gasteiger partial charge in [-0.3, -0.25) is 38.4 Å². The van der Waals surface area contributed by atoms with Crippen LogP contribution in [0.2, 0.25) is 0 Å². The van der Waals surface area contributed by atoms with Crippen LogP contribution in [0, 0.1) is 0 Å². The maximum atomic E-state index is 12.4. The first kappa shape index (κ1) is 51.2. The number of carboxylic acid groups (broad SMARTS) is 1. The fourth-order valence-electron chi connectivity index (χ4n) is 5.65. The monoisotopic (exact) mass is 856 g/mol. The van der Waals surface area contributed by atoms with Gasteiger partial charge in [0.15, 0.2) is 0 Å². The van der Waals surface area contributed by atoms with E-state index in [0.29, 0.717) is 24.6 Å². The van der Waals surface area contributed by atoms with Crippen LogP contribution in [-0.2, 0) is 68.1 Å². The molecule has 2 aromatic rings. The zero-order valence-electron chi connectivity index (χ0n) is 36.3. The second-order valence-corrected chi connectivity index (χ2v) is 16.0. The van der Waals surface area contributed by atoms with Gasteiger partial charge in [-0.1, -0.05) is 77.9 Å². The van der Waals surface area contributed by atoms with Gasteiger partial charge in [0, 0.05) is 24.6 Å². The molecule has 2 aliphatic rings. The minimum Gasteiger partial charge on any atom is -0.480 e. The summed E-state index contributed by atoms with van der Waals surface area (Å²) in [5.74, 6) is -6.20. The average Bonchev–Trinajstić information content (AvgIpc) is 3.69. The Balaban J connectivity index is 0.000000356. The molecule has 2 heterocycles. The number of anilines is 2. The van der Waals surface area contributed by atoms with Gasteiger partial charge in [-0.25, -0.2) is 0 Å². The maximum absolute atomic E-state index is 12.4. The Morgan fingerprint density at radius 1 is 0.689 bits per heavy atom. The van der Waals surface area contributed by atoms with E-state index in [4.69, 9.17) is 29.8 Å². The molecule has 2 aliphatic heterocycles. The van der Waals surface area contributed by atoms with E-state index >= 15 is 0 Å². The van der Waals surface area contributed by atoms with Crippen molar-refractivity contribution in [3.63, 3.8) is 0 Å². The Hall–Kier alpha value is -5.92. The van der Waals surface area contributed by atoms with Crippen molar-refractivity contribution in [2.45, 2.75) is 130 Å². The van der Waals surface area contributed by atoms with Crippen molar-refractivity contribution >= 4 is 58.8 Å². The summed E-state index contributed by atoms with van der Waals surface area (Å²) in [5.41, 5.74) is 7.89. The SMILES string of the molecule is CCO[C@H]1OC(=O)C[C@@H]1N.CCO[C@H]1OC(=O)C[C@@H]1NC(=O)[C@H](C)NC(=O)C(=O)Nc1ccccc1C(C)(C)C.C[C@H](NC(=O)C(=O)Nc1ccccc1C(C)(C)C)C(=O)O. The molecule has 0 spiro atoms. The largest absolute Gasteiger partial charge is 0.480 e. The zero-order valence-corrected chi connectivity index (χ0v) is 36.3. The second-order valence-electron chi connectivity index (χ2n) is 16.0. The molecule has 19 nitrogen and oxygen atoms in total. The first-order valence-electron chi connectivity index (χ1n) is 19.7. The normalized spacial score (nSPS) is 19.2. The topological polar surface area (TPSA) is 280 Å². The molecule has 336 valence electrons. The Morgan fingerprint density at radius 3 is 1.51 bits per heavy atom. The number of aliphatic carboxylic acids is 1. The van der Waals surface area contributed by atoms with Gasteiger partial charge in [0.2, 0.25) is 18.5 Å². The Labute approximate surface area is 355 Å². The third-order valence-corrected chi connectivity index (χ3v) is 8.79. The zero-order chi connectivity index (χ0) is 46.2. The number of esters is 2. The highest BCUT2D eigenvalue weighted by Crippen LogP contribution is 2.30. The van der Waals surface area contributed by atoms with Crippen molar-refractivity contribution in [1.82, 2.24) is 16.0 Å². The van der Waals surface area contributed by atoms with E-state index in [0.717, 1.165) is 11.1 Å². The number of nitrogens with two attached hydrogens (primary N) is 1. The summed E-state index contributed by atoms with van der Waals surface area (Å²) in [5, 5.41) is 20.9. The lowest BCUT2D eigenvalue weighted by atomic mass is 9.86. The van der Waals surface area contributed by atoms with Crippen molar-refractivity contribution in [2.24, 2.45) is 5.73 Å². The number of carbonyl (C=O) groups excluding carboxylic acids is 7. The number of carbonyl (C=O) groups is 8. The van der Waals surface area contributed by atoms with E-state index in [1.165, 1.54) is 13.8 Å². The van der Waals surface area contributed by atoms with Gasteiger partial charge >= 0.3 is 41.5 Å². The highest BCUT2D eigenvalue weighted by atomic mass is 16.7. The summed E-state index contributed by atoms with van der Waals surface area (Å²) in [6.07, 6.45) is -1.14. The number of ether oxygens (including phenoxy) is 4. The molecule has 2 aromatic carbocycles. The van der Waals surface area contributed by atoms with E-state index in [2.05, 4.69) is 26.6 Å². The summed E-state index contributed by atoms with van der Waals surface area (Å²) in [7, 11) is 0. The van der Waals surface area contributed by atoms with Crippen molar-refractivity contribution in [3.05, 3.63) is 59.7 Å². The lowest BCUT2D eigenvalue weighted by molar-refractivity contribution is -0.165. The third kappa shape index (κ3) is 16.6. The first-order chi connectivity index (χ1) is 28.4. The third-order valence-electron chi connectivity index (χ3n) is 8.79. The molecule has 0 saturated carbocycles. The van der Waals surface area contributed by atoms with Crippen molar-refractivity contribution < 1.29 is 62.4 Å². The number of cyclic esters (lactones) is 2. The predicted molar refractivity (Wildman–Crippen MR) is 223 cm³/mol. The Bertz CT molecular complexity index is 1890. The highest BCUT2D eigenvalue weighted by molar-refractivity contribution is 6.40. The van der Waals surface area contributed by atoms with Gasteiger partial charge < -0.3 is 56.4 Å². The van der Waals surface area contributed by atoms with Gasteiger partial charge in [-0.15, -0.1) is 0 Å². The standard InChI is InChI=1S/C21H29N3O6.C15H20N2O4.C6H11NO3/c1-6-29-20-15(11-16(25)30-20)24-17(26)12(2)22-18(27)19(28)23-14-10-8-7-9-13(14)21(3,4)5;1-9(14(20)21)16-12(18)13(19)17-11-8-6-5-7-10(11)15(2,3)4;1-2-9-6-4(7)3-5(8)10-6/h7-10,12,15,20H,6,11H2,1-5H3,(H,22,27)(H,23,28)(H,24,26);5-9H,1-4H3,(H,16,18)(H,17,19)(H,20,21);4,6H,2-3,7H2,1H3/t12-,15-,20-;9-;4-,6-/m000/s1. The predicted octanol–water partition coefficient (Wildman–Crippen LogP) is 2.36. The first-order valence-corrected chi connectivity index (χ1v) is 19.7. The van der Waals surface area contributed by atoms with E-state index in [1.807, 2.05) is 72.7 Å². The molecule has 2 fully saturated rings. The van der Waals surface area contributed by atoms with E-state index in [9.17, 15) is 38.4 Å². The van der Waals surface area contributed by atoms with Crippen LogP contribution in [0.15, 0.2) is 48.5 Å². The molecule has 6 atom stereocenters. The lowest BCUT2D eigenvalue weighted by Gasteiger charge is -2.23. The number of hydrogen-bond donors (Lipinski definition) is 7. The molecule has 0 aromatic heterocycles. The molecule has 0 bridgehead atoms. The van der Waals surface area contributed by atoms with Gasteiger partial charge in [0.25, 0.3) is 0 Å². The number of benzene rings is 2. The molecule has 5 amide bonds. The van der Waals surface area contributed by atoms with E-state index in [1.54, 1.807) is 31.2 Å². The Kier molecular flexibility index (Phi) is 19.5. The van der Waals surface area contributed by atoms with E-state index < -0.39 is 72.2 Å². The molecule has 2 saturated heterocycles. The Morgan fingerprint density at radius 2 is 1.10 bits per heavy atom. The van der Waals surface area contributed by atoms with Crippen LogP contribution in [0.25, 0.3) is 0 Å². The molecule has 61 heavy (non-hydrogen) atoms. The summed E-state index contributed by atoms with van der Waals surface area (Å²) >= 11 is 0. The van der Waals surface area contributed by atoms with Crippen LogP contribution in [0.5, 0.6) is 0 Å². The van der Waals surface area contributed by atoms with Crippen LogP contribution < -0.4 is 32.3 Å². The second kappa shape index (κ2) is 23.2. The lowest BCUT2D eigenvalue weighted by Crippen LogP contribution is -2.52. The van der Waals surface area contributed by atoms with Crippen LogP contribution in [0.4, 0.5) is 11.4 Å². The molecular weight excluding hydrogens is 796 g/mol. The molecule has 19 heteroatoms. The summed E-state index contributed by atoms with van der Waals surface area (Å²) in [4.78, 5) is 93.1. The van der Waals surface area contributed by atoms with Crippen molar-refractivity contribution in [3.8, 4) is 0 Å². The molecule has 8 N–H and O–H groups in total. The van der Waals surface area contributed by atoms with Gasteiger partial charge in [0.1, 0.15) is 18.1 Å². The minimum absolute atomic E-state index is 0.0266. The van der Waals surface area contributed by atoms with Gasteiger partial charge in [0.05, 0.1) is 18.9 Å². The number of rotatable bonds is 11. The quantitative estimate of drug-likeness (QED) is 0.126. The fourth-order valence-corrected chi connectivity index (χ4v) is 5.65. The number of para-hydroxylation sites is 2. The van der Waals surface area contributed by atoms with E-state index in [-0.39, 0.29) is 35.7 Å². The average molecular weight is 857 g/mol. The highest BCUT2D eigenvalue weighted by Gasteiger charge is 2.38. The number of nitrogens with one attached hydrogen (secondary N) is 5. The molecule has 0 aliphatic carbocycles. The molecule has 0 radical (unpaired) electrons. The summed E-state index contributed by atoms with van der Waals surface area (Å²) in [6, 6.07) is 11.3. The van der Waals surface area contributed by atoms with Crippen LogP contribution in [0.3, 0.4) is 0 Å². The summed E-state index contributed by atoms with van der Waals surface area (Å²) < 4.78 is 20.0. The smallest absolute Gasteiger partial charge is 0.325 e. The number of hydrogen-bond acceptors (Lipinski definition) is 13. The van der Waals surface area contributed by atoms with Crippen molar-refractivity contribution in [2.75, 3.05) is 23.8 Å². The summed E-state index contributed by atoms with van der Waals surface area (Å²) in [6.45, 7) is 19.1. The van der Waals surface area contributed by atoms with Gasteiger partial charge in [-0.2, -0.15) is 0 Å². The molecule has 4 rings (SSSR count). The van der Waals surface area contributed by atoms with Crippen LogP contribution >= 0.6 is 0 Å². The van der Waals surface area contributed by atoms with Crippen molar-refractivity contribution in [1.29, 1.82) is 0 Å². The molecule has 0 unspecified atom stereocenters. The minimum atomic E-state index is -1.20. The van der Waals surface area contributed by atoms with Crippen LogP contribution in [-0.4, -0.2) is 103 Å². The van der Waals surface area contributed by atoms with Crippen LogP contribution in [0.1, 0.15) is 93.2 Å².